The third-order valence-electron chi connectivity index (χ3n) is 1.44. The van der Waals surface area contributed by atoms with Crippen molar-refractivity contribution in [2.45, 2.75) is 20.3 Å². The highest BCUT2D eigenvalue weighted by Crippen LogP contribution is 2.12. The summed E-state index contributed by atoms with van der Waals surface area (Å²) in [6.45, 7) is 7.89. The van der Waals surface area contributed by atoms with Crippen molar-refractivity contribution in [3.63, 3.8) is 0 Å². The molecule has 0 amide bonds. The first kappa shape index (κ1) is 9.04. The second kappa shape index (κ2) is 4.88. The number of terminal acetylenes is 1. The van der Waals surface area contributed by atoms with E-state index in [4.69, 9.17) is 6.42 Å². The van der Waals surface area contributed by atoms with E-state index >= 15 is 0 Å². The van der Waals surface area contributed by atoms with Crippen LogP contribution in [0.5, 0.6) is 0 Å². The van der Waals surface area contributed by atoms with Crippen LogP contribution in [-0.2, 0) is 0 Å². The van der Waals surface area contributed by atoms with E-state index in [1.54, 1.807) is 0 Å². The molecule has 0 heteroatoms. The molecule has 1 unspecified atom stereocenters. The summed E-state index contributed by atoms with van der Waals surface area (Å²) >= 11 is 0. The molecule has 10 heavy (non-hydrogen) atoms. The molecule has 0 aromatic carbocycles. The van der Waals surface area contributed by atoms with Crippen LogP contribution in [0.15, 0.2) is 24.3 Å². The van der Waals surface area contributed by atoms with Crippen molar-refractivity contribution in [1.29, 1.82) is 0 Å². The lowest BCUT2D eigenvalue weighted by Crippen LogP contribution is -1.95. The summed E-state index contributed by atoms with van der Waals surface area (Å²) in [6, 6.07) is 0. The Morgan fingerprint density at radius 2 is 2.40 bits per heavy atom. The predicted octanol–water partition coefficient (Wildman–Crippen LogP) is 2.78. The largest absolute Gasteiger partial charge is 0.119 e. The molecule has 1 atom stereocenters. The smallest absolute Gasteiger partial charge is 0.0441 e. The minimum absolute atomic E-state index is 0.219. The lowest BCUT2D eigenvalue weighted by Gasteiger charge is -2.05. The van der Waals surface area contributed by atoms with Gasteiger partial charge >= 0.3 is 0 Å². The highest BCUT2D eigenvalue weighted by molar-refractivity contribution is 5.24. The monoisotopic (exact) mass is 134 g/mol. The first-order chi connectivity index (χ1) is 4.76. The minimum atomic E-state index is 0.219. The summed E-state index contributed by atoms with van der Waals surface area (Å²) in [4.78, 5) is 0. The van der Waals surface area contributed by atoms with Crippen LogP contribution < -0.4 is 0 Å². The van der Waals surface area contributed by atoms with Crippen molar-refractivity contribution < 1.29 is 0 Å². The highest BCUT2D eigenvalue weighted by atomic mass is 14.0. The zero-order valence-corrected chi connectivity index (χ0v) is 6.72. The van der Waals surface area contributed by atoms with E-state index in [9.17, 15) is 0 Å². The van der Waals surface area contributed by atoms with Crippen molar-refractivity contribution in [1.82, 2.24) is 0 Å². The van der Waals surface area contributed by atoms with E-state index in [0.29, 0.717) is 0 Å². The van der Waals surface area contributed by atoms with Crippen molar-refractivity contribution in [2.24, 2.45) is 5.92 Å². The Hall–Kier alpha value is -0.960. The summed E-state index contributed by atoms with van der Waals surface area (Å²) in [7, 11) is 0. The van der Waals surface area contributed by atoms with Gasteiger partial charge in [0.2, 0.25) is 0 Å². The Balaban J connectivity index is 4.06. The summed E-state index contributed by atoms with van der Waals surface area (Å²) in [5.41, 5.74) is 1.03. The minimum Gasteiger partial charge on any atom is -0.119 e. The molecule has 0 fully saturated rings. The van der Waals surface area contributed by atoms with Crippen LogP contribution in [0.1, 0.15) is 20.3 Å². The van der Waals surface area contributed by atoms with Crippen molar-refractivity contribution in [3.05, 3.63) is 24.3 Å². The Labute approximate surface area is 63.6 Å². The number of allylic oxidation sites excluding steroid dienone is 3. The van der Waals surface area contributed by atoms with Gasteiger partial charge in [-0.15, -0.1) is 6.42 Å². The van der Waals surface area contributed by atoms with Crippen molar-refractivity contribution in [3.8, 4) is 12.3 Å². The Bertz CT molecular complexity index is 167. The topological polar surface area (TPSA) is 0 Å². The fraction of sp³-hybridized carbons (Fsp3) is 0.400. The van der Waals surface area contributed by atoms with Gasteiger partial charge in [-0.2, -0.15) is 0 Å². The fourth-order valence-electron chi connectivity index (χ4n) is 0.817. The predicted molar refractivity (Wildman–Crippen MR) is 46.6 cm³/mol. The summed E-state index contributed by atoms with van der Waals surface area (Å²) in [5.74, 6) is 2.90. The fourth-order valence-corrected chi connectivity index (χ4v) is 0.817. The number of hydrogen-bond acceptors (Lipinski definition) is 0. The van der Waals surface area contributed by atoms with E-state index in [1.807, 2.05) is 19.1 Å². The molecule has 0 spiro atoms. The molecule has 0 rings (SSSR count). The molecule has 0 saturated heterocycles. The van der Waals surface area contributed by atoms with Crippen LogP contribution in [0.4, 0.5) is 0 Å². The molecule has 0 saturated carbocycles. The maximum atomic E-state index is 5.27. The molecular weight excluding hydrogens is 120 g/mol. The van der Waals surface area contributed by atoms with Crippen LogP contribution in [0, 0.1) is 18.3 Å². The second-order valence-corrected chi connectivity index (χ2v) is 2.20. The van der Waals surface area contributed by atoms with E-state index in [2.05, 4.69) is 19.4 Å². The summed E-state index contributed by atoms with van der Waals surface area (Å²) in [5, 5.41) is 0. The molecule has 0 aliphatic carbocycles. The van der Waals surface area contributed by atoms with Crippen molar-refractivity contribution in [2.75, 3.05) is 0 Å². The Morgan fingerprint density at radius 1 is 1.80 bits per heavy atom. The molecule has 0 nitrogen and oxygen atoms in total. The van der Waals surface area contributed by atoms with Gasteiger partial charge in [0.15, 0.2) is 0 Å². The molecule has 0 bridgehead atoms. The van der Waals surface area contributed by atoms with Gasteiger partial charge in [-0.25, -0.2) is 0 Å². The molecule has 0 N–H and O–H groups in total. The Morgan fingerprint density at radius 3 is 2.70 bits per heavy atom. The van der Waals surface area contributed by atoms with Crippen molar-refractivity contribution >= 4 is 0 Å². The zero-order chi connectivity index (χ0) is 7.98. The SMILES string of the molecule is C#CC(CC)C(=C)/C=C\C. The van der Waals surface area contributed by atoms with E-state index in [-0.39, 0.29) is 5.92 Å². The standard InChI is InChI=1S/C10H14/c1-5-8-9(4)10(6-2)7-3/h2,5,8,10H,4,7H2,1,3H3/b8-5-. The number of rotatable bonds is 3. The van der Waals surface area contributed by atoms with Gasteiger partial charge in [-0.1, -0.05) is 31.6 Å². The molecule has 0 radical (unpaired) electrons. The first-order valence-corrected chi connectivity index (χ1v) is 3.53. The van der Waals surface area contributed by atoms with Gasteiger partial charge in [-0.05, 0) is 18.9 Å². The molecule has 0 aromatic rings. The van der Waals surface area contributed by atoms with Gasteiger partial charge in [-0.3, -0.25) is 0 Å². The first-order valence-electron chi connectivity index (χ1n) is 3.53. The third-order valence-corrected chi connectivity index (χ3v) is 1.44. The molecular formula is C10H14. The average molecular weight is 134 g/mol. The van der Waals surface area contributed by atoms with E-state index in [1.165, 1.54) is 0 Å². The van der Waals surface area contributed by atoms with Gasteiger partial charge in [0, 0.05) is 5.92 Å². The second-order valence-electron chi connectivity index (χ2n) is 2.20. The van der Waals surface area contributed by atoms with Gasteiger partial charge < -0.3 is 0 Å². The van der Waals surface area contributed by atoms with Crippen LogP contribution >= 0.6 is 0 Å². The molecule has 0 aliphatic rings. The zero-order valence-electron chi connectivity index (χ0n) is 6.72. The van der Waals surface area contributed by atoms with Crippen LogP contribution in [0.2, 0.25) is 0 Å². The van der Waals surface area contributed by atoms with Gasteiger partial charge in [0.1, 0.15) is 0 Å². The van der Waals surface area contributed by atoms with Gasteiger partial charge in [0.05, 0.1) is 0 Å². The summed E-state index contributed by atoms with van der Waals surface area (Å²) < 4.78 is 0. The maximum absolute atomic E-state index is 5.27. The Kier molecular flexibility index (Phi) is 4.41. The molecule has 54 valence electrons. The maximum Gasteiger partial charge on any atom is 0.0441 e. The summed E-state index contributed by atoms with van der Waals surface area (Å²) in [6.07, 6.45) is 10.2. The normalized spacial score (nSPS) is 12.9. The van der Waals surface area contributed by atoms with E-state index in [0.717, 1.165) is 12.0 Å². The van der Waals surface area contributed by atoms with Crippen LogP contribution in [0.3, 0.4) is 0 Å². The lowest BCUT2D eigenvalue weighted by atomic mass is 9.98. The van der Waals surface area contributed by atoms with Crippen LogP contribution in [-0.4, -0.2) is 0 Å². The third kappa shape index (κ3) is 2.55. The van der Waals surface area contributed by atoms with Gasteiger partial charge in [0.25, 0.3) is 0 Å². The average Bonchev–Trinajstić information content (AvgIpc) is 1.91. The van der Waals surface area contributed by atoms with E-state index < -0.39 is 0 Å². The number of hydrogen-bond donors (Lipinski definition) is 0. The quantitative estimate of drug-likeness (QED) is 0.411. The van der Waals surface area contributed by atoms with Crippen LogP contribution in [0.25, 0.3) is 0 Å². The molecule has 0 heterocycles. The highest BCUT2D eigenvalue weighted by Gasteiger charge is 2.01. The molecule has 0 aliphatic heterocycles. The lowest BCUT2D eigenvalue weighted by molar-refractivity contribution is 0.772. The molecule has 0 aromatic heterocycles.